The minimum Gasteiger partial charge on any atom is -0.309 e. The van der Waals surface area contributed by atoms with E-state index in [9.17, 15) is 0 Å². The molecule has 0 bridgehead atoms. The van der Waals surface area contributed by atoms with Crippen molar-refractivity contribution in [3.8, 4) is 0 Å². The molecule has 0 saturated carbocycles. The minimum absolute atomic E-state index is 0.264. The molecule has 0 aliphatic heterocycles. The Morgan fingerprint density at radius 2 is 1.37 bits per heavy atom. The first kappa shape index (κ1) is 13.8. The number of aryl methyl sites for hydroxylation is 4. The fraction of sp³-hybridized carbons (Fsp3) is 0.333. The summed E-state index contributed by atoms with van der Waals surface area (Å²) in [6, 6.07) is 13.6. The Morgan fingerprint density at radius 3 is 2.00 bits per heavy atom. The van der Waals surface area contributed by atoms with Crippen molar-refractivity contribution in [3.63, 3.8) is 0 Å². The molecule has 0 spiro atoms. The molecule has 19 heavy (non-hydrogen) atoms. The molecule has 2 aromatic carbocycles. The number of nitrogens with one attached hydrogen (secondary N) is 1. The second kappa shape index (κ2) is 5.58. The highest BCUT2D eigenvalue weighted by molar-refractivity contribution is 5.42. The summed E-state index contributed by atoms with van der Waals surface area (Å²) in [6.45, 7) is 8.67. The maximum atomic E-state index is 3.46. The van der Waals surface area contributed by atoms with Crippen LogP contribution in [0.25, 0.3) is 0 Å². The van der Waals surface area contributed by atoms with Gasteiger partial charge in [-0.25, -0.2) is 0 Å². The van der Waals surface area contributed by atoms with Crippen molar-refractivity contribution in [3.05, 3.63) is 69.8 Å². The topological polar surface area (TPSA) is 12.0 Å². The summed E-state index contributed by atoms with van der Waals surface area (Å²) >= 11 is 0. The van der Waals surface area contributed by atoms with Crippen LogP contribution in [0.4, 0.5) is 0 Å². The standard InChI is InChI=1S/C18H23N/c1-12-7-9-16(15(4)10-12)18(19-5)17-11-13(2)6-8-14(17)3/h6-11,18-19H,1-5H3. The summed E-state index contributed by atoms with van der Waals surface area (Å²) in [4.78, 5) is 0. The second-order valence-electron chi connectivity index (χ2n) is 5.44. The summed E-state index contributed by atoms with van der Waals surface area (Å²) in [6.07, 6.45) is 0. The van der Waals surface area contributed by atoms with Gasteiger partial charge in [-0.3, -0.25) is 0 Å². The third-order valence-electron chi connectivity index (χ3n) is 3.77. The average Bonchev–Trinajstić information content (AvgIpc) is 2.36. The third kappa shape index (κ3) is 2.87. The summed E-state index contributed by atoms with van der Waals surface area (Å²) in [7, 11) is 2.03. The average molecular weight is 253 g/mol. The second-order valence-corrected chi connectivity index (χ2v) is 5.44. The Bertz CT molecular complexity index is 584. The Kier molecular flexibility index (Phi) is 4.06. The Hall–Kier alpha value is -1.60. The van der Waals surface area contributed by atoms with Gasteiger partial charge in [0.25, 0.3) is 0 Å². The van der Waals surface area contributed by atoms with Gasteiger partial charge >= 0.3 is 0 Å². The summed E-state index contributed by atoms with van der Waals surface area (Å²) in [5.41, 5.74) is 8.05. The van der Waals surface area contributed by atoms with Crippen molar-refractivity contribution in [2.45, 2.75) is 33.7 Å². The van der Waals surface area contributed by atoms with Crippen molar-refractivity contribution >= 4 is 0 Å². The van der Waals surface area contributed by atoms with Gasteiger partial charge in [-0.1, -0.05) is 47.5 Å². The molecule has 1 atom stereocenters. The number of hydrogen-bond donors (Lipinski definition) is 1. The lowest BCUT2D eigenvalue weighted by Gasteiger charge is -2.22. The van der Waals surface area contributed by atoms with Crippen LogP contribution >= 0.6 is 0 Å². The molecule has 100 valence electrons. The molecule has 0 radical (unpaired) electrons. The first-order chi connectivity index (χ1) is 9.02. The predicted octanol–water partition coefficient (Wildman–Crippen LogP) is 4.23. The summed E-state index contributed by atoms with van der Waals surface area (Å²) < 4.78 is 0. The van der Waals surface area contributed by atoms with Crippen LogP contribution in [-0.4, -0.2) is 7.05 Å². The Morgan fingerprint density at radius 1 is 0.737 bits per heavy atom. The van der Waals surface area contributed by atoms with Gasteiger partial charge in [0.05, 0.1) is 6.04 Å². The van der Waals surface area contributed by atoms with Gasteiger partial charge in [-0.15, -0.1) is 0 Å². The van der Waals surface area contributed by atoms with E-state index in [-0.39, 0.29) is 6.04 Å². The maximum Gasteiger partial charge on any atom is 0.0579 e. The van der Waals surface area contributed by atoms with Crippen LogP contribution in [0.15, 0.2) is 36.4 Å². The molecule has 0 fully saturated rings. The van der Waals surface area contributed by atoms with E-state index in [1.165, 1.54) is 33.4 Å². The van der Waals surface area contributed by atoms with Gasteiger partial charge in [0.15, 0.2) is 0 Å². The van der Waals surface area contributed by atoms with Crippen LogP contribution in [0.5, 0.6) is 0 Å². The predicted molar refractivity (Wildman–Crippen MR) is 82.7 cm³/mol. The van der Waals surface area contributed by atoms with Crippen LogP contribution in [0.1, 0.15) is 39.4 Å². The first-order valence-corrected chi connectivity index (χ1v) is 6.84. The van der Waals surface area contributed by atoms with Crippen LogP contribution < -0.4 is 5.32 Å². The van der Waals surface area contributed by atoms with Gasteiger partial charge in [0.2, 0.25) is 0 Å². The van der Waals surface area contributed by atoms with E-state index in [4.69, 9.17) is 0 Å². The highest BCUT2D eigenvalue weighted by Crippen LogP contribution is 2.28. The minimum atomic E-state index is 0.264. The van der Waals surface area contributed by atoms with E-state index >= 15 is 0 Å². The molecule has 1 nitrogen and oxygen atoms in total. The maximum absolute atomic E-state index is 3.46. The smallest absolute Gasteiger partial charge is 0.0579 e. The largest absolute Gasteiger partial charge is 0.309 e. The van der Waals surface area contributed by atoms with Gasteiger partial charge < -0.3 is 5.32 Å². The molecule has 0 heterocycles. The summed E-state index contributed by atoms with van der Waals surface area (Å²) in [5.74, 6) is 0. The van der Waals surface area contributed by atoms with Gasteiger partial charge in [0, 0.05) is 0 Å². The molecule has 1 heteroatoms. The van der Waals surface area contributed by atoms with Gasteiger partial charge in [0.1, 0.15) is 0 Å². The highest BCUT2D eigenvalue weighted by Gasteiger charge is 2.16. The van der Waals surface area contributed by atoms with Gasteiger partial charge in [-0.2, -0.15) is 0 Å². The fourth-order valence-corrected chi connectivity index (χ4v) is 2.70. The van der Waals surface area contributed by atoms with E-state index in [2.05, 4.69) is 69.4 Å². The lowest BCUT2D eigenvalue weighted by atomic mass is 9.90. The van der Waals surface area contributed by atoms with Crippen molar-refractivity contribution in [2.75, 3.05) is 7.05 Å². The molecule has 1 unspecified atom stereocenters. The zero-order valence-electron chi connectivity index (χ0n) is 12.5. The monoisotopic (exact) mass is 253 g/mol. The number of benzene rings is 2. The molecular weight excluding hydrogens is 230 g/mol. The third-order valence-corrected chi connectivity index (χ3v) is 3.77. The zero-order chi connectivity index (χ0) is 14.0. The van der Waals surface area contributed by atoms with Crippen molar-refractivity contribution in [1.82, 2.24) is 5.32 Å². The summed E-state index contributed by atoms with van der Waals surface area (Å²) in [5, 5.41) is 3.46. The van der Waals surface area contributed by atoms with Crippen LogP contribution in [0, 0.1) is 27.7 Å². The van der Waals surface area contributed by atoms with E-state index in [1.807, 2.05) is 7.05 Å². The van der Waals surface area contributed by atoms with Crippen molar-refractivity contribution < 1.29 is 0 Å². The lowest BCUT2D eigenvalue weighted by molar-refractivity contribution is 0.682. The quantitative estimate of drug-likeness (QED) is 0.863. The molecule has 0 aromatic heterocycles. The molecule has 0 amide bonds. The van der Waals surface area contributed by atoms with E-state index in [0.29, 0.717) is 0 Å². The van der Waals surface area contributed by atoms with Gasteiger partial charge in [-0.05, 0) is 57.0 Å². The lowest BCUT2D eigenvalue weighted by Crippen LogP contribution is -2.19. The number of rotatable bonds is 3. The molecule has 0 aliphatic rings. The van der Waals surface area contributed by atoms with E-state index in [0.717, 1.165) is 0 Å². The molecule has 2 aromatic rings. The first-order valence-electron chi connectivity index (χ1n) is 6.84. The van der Waals surface area contributed by atoms with Crippen LogP contribution in [0.3, 0.4) is 0 Å². The van der Waals surface area contributed by atoms with Crippen LogP contribution in [0.2, 0.25) is 0 Å². The SMILES string of the molecule is CNC(c1ccc(C)cc1C)c1cc(C)ccc1C. The van der Waals surface area contributed by atoms with Crippen molar-refractivity contribution in [1.29, 1.82) is 0 Å². The van der Waals surface area contributed by atoms with E-state index < -0.39 is 0 Å². The van der Waals surface area contributed by atoms with Crippen LogP contribution in [-0.2, 0) is 0 Å². The molecule has 0 saturated heterocycles. The molecular formula is C18H23N. The highest BCUT2D eigenvalue weighted by atomic mass is 14.9. The molecule has 0 aliphatic carbocycles. The van der Waals surface area contributed by atoms with Crippen molar-refractivity contribution in [2.24, 2.45) is 0 Å². The van der Waals surface area contributed by atoms with E-state index in [1.54, 1.807) is 0 Å². The molecule has 1 N–H and O–H groups in total. The Labute approximate surface area is 116 Å². The normalized spacial score (nSPS) is 12.5. The fourth-order valence-electron chi connectivity index (χ4n) is 2.70. The zero-order valence-corrected chi connectivity index (χ0v) is 12.5. The Balaban J connectivity index is 2.52. The number of hydrogen-bond acceptors (Lipinski definition) is 1. The molecule has 2 rings (SSSR count).